The summed E-state index contributed by atoms with van der Waals surface area (Å²) in [5, 5.41) is 3.60. The summed E-state index contributed by atoms with van der Waals surface area (Å²) in [6, 6.07) is 16.8. The van der Waals surface area contributed by atoms with Crippen LogP contribution < -0.4 is 5.32 Å². The molecule has 6 heteroatoms. The van der Waals surface area contributed by atoms with E-state index in [-0.39, 0.29) is 18.0 Å². The quantitative estimate of drug-likeness (QED) is 0.458. The topological polar surface area (TPSA) is 57.8 Å². The number of H-pyrrole nitrogens is 1. The first-order valence-electron chi connectivity index (χ1n) is 9.38. The SMILES string of the molecule is O=C(CCCc1c(-c2ccccn2)[nH]c2ccccc12)Nc1ccc(F)cc1F. The van der Waals surface area contributed by atoms with Gasteiger partial charge in [0.1, 0.15) is 11.6 Å². The van der Waals surface area contributed by atoms with E-state index in [9.17, 15) is 13.6 Å². The van der Waals surface area contributed by atoms with E-state index in [4.69, 9.17) is 0 Å². The molecule has 1 amide bonds. The molecule has 0 aliphatic carbocycles. The number of amides is 1. The van der Waals surface area contributed by atoms with Crippen LogP contribution in [0.3, 0.4) is 0 Å². The number of carbonyl (C=O) groups is 1. The summed E-state index contributed by atoms with van der Waals surface area (Å²) >= 11 is 0. The summed E-state index contributed by atoms with van der Waals surface area (Å²) in [7, 11) is 0. The van der Waals surface area contributed by atoms with Crippen LogP contribution in [0.5, 0.6) is 0 Å². The van der Waals surface area contributed by atoms with E-state index in [2.05, 4.69) is 15.3 Å². The number of pyridine rings is 1. The lowest BCUT2D eigenvalue weighted by Gasteiger charge is -2.07. The average Bonchev–Trinajstić information content (AvgIpc) is 3.10. The molecule has 4 aromatic rings. The molecule has 29 heavy (non-hydrogen) atoms. The van der Waals surface area contributed by atoms with Crippen molar-refractivity contribution >= 4 is 22.5 Å². The third-order valence-corrected chi connectivity index (χ3v) is 4.77. The summed E-state index contributed by atoms with van der Waals surface area (Å²) in [5.41, 5.74) is 3.88. The number of nitrogens with one attached hydrogen (secondary N) is 2. The molecule has 2 aromatic carbocycles. The van der Waals surface area contributed by atoms with Gasteiger partial charge < -0.3 is 10.3 Å². The molecule has 0 aliphatic rings. The van der Waals surface area contributed by atoms with Crippen LogP contribution in [-0.4, -0.2) is 15.9 Å². The van der Waals surface area contributed by atoms with E-state index in [0.29, 0.717) is 12.8 Å². The highest BCUT2D eigenvalue weighted by atomic mass is 19.1. The molecular weight excluding hydrogens is 372 g/mol. The van der Waals surface area contributed by atoms with Gasteiger partial charge in [0.05, 0.1) is 17.1 Å². The van der Waals surface area contributed by atoms with Crippen LogP contribution >= 0.6 is 0 Å². The van der Waals surface area contributed by atoms with Crippen LogP contribution in [0.4, 0.5) is 14.5 Å². The maximum atomic E-state index is 13.7. The van der Waals surface area contributed by atoms with Crippen LogP contribution in [0.1, 0.15) is 18.4 Å². The van der Waals surface area contributed by atoms with Gasteiger partial charge in [0.15, 0.2) is 0 Å². The number of aromatic amines is 1. The van der Waals surface area contributed by atoms with Gasteiger partial charge in [-0.3, -0.25) is 9.78 Å². The van der Waals surface area contributed by atoms with Crippen molar-refractivity contribution in [3.63, 3.8) is 0 Å². The number of rotatable bonds is 6. The highest BCUT2D eigenvalue weighted by molar-refractivity contribution is 5.92. The number of para-hydroxylation sites is 1. The number of hydrogen-bond donors (Lipinski definition) is 2. The third-order valence-electron chi connectivity index (χ3n) is 4.77. The summed E-state index contributed by atoms with van der Waals surface area (Å²) in [6.45, 7) is 0. The fraction of sp³-hybridized carbons (Fsp3) is 0.130. The van der Waals surface area contributed by atoms with Crippen molar-refractivity contribution in [2.24, 2.45) is 0 Å². The molecule has 2 heterocycles. The number of nitrogens with zero attached hydrogens (tertiary/aromatic N) is 1. The maximum Gasteiger partial charge on any atom is 0.224 e. The Morgan fingerprint density at radius 2 is 1.86 bits per heavy atom. The van der Waals surface area contributed by atoms with Gasteiger partial charge in [0, 0.05) is 29.6 Å². The van der Waals surface area contributed by atoms with Crippen molar-refractivity contribution in [1.29, 1.82) is 0 Å². The first kappa shape index (κ1) is 18.8. The van der Waals surface area contributed by atoms with Gasteiger partial charge >= 0.3 is 0 Å². The molecule has 0 unspecified atom stereocenters. The van der Waals surface area contributed by atoms with E-state index < -0.39 is 11.6 Å². The van der Waals surface area contributed by atoms with Crippen molar-refractivity contribution in [2.45, 2.75) is 19.3 Å². The third kappa shape index (κ3) is 4.16. The minimum atomic E-state index is -0.785. The van der Waals surface area contributed by atoms with Crippen LogP contribution in [0.25, 0.3) is 22.3 Å². The van der Waals surface area contributed by atoms with E-state index >= 15 is 0 Å². The van der Waals surface area contributed by atoms with Crippen LogP contribution in [0, 0.1) is 11.6 Å². The summed E-state index contributed by atoms with van der Waals surface area (Å²) in [5.74, 6) is -1.77. The highest BCUT2D eigenvalue weighted by Gasteiger charge is 2.14. The molecular formula is C23H19F2N3O. The number of hydrogen-bond acceptors (Lipinski definition) is 2. The van der Waals surface area contributed by atoms with Gasteiger partial charge in [-0.1, -0.05) is 24.3 Å². The lowest BCUT2D eigenvalue weighted by Crippen LogP contribution is -2.12. The number of aryl methyl sites for hydroxylation is 1. The Morgan fingerprint density at radius 1 is 1.03 bits per heavy atom. The summed E-state index contributed by atoms with van der Waals surface area (Å²) < 4.78 is 26.7. The Labute approximate surface area is 166 Å². The number of carbonyl (C=O) groups excluding carboxylic acids is 1. The predicted octanol–water partition coefficient (Wildman–Crippen LogP) is 5.47. The smallest absolute Gasteiger partial charge is 0.224 e. The minimum absolute atomic E-state index is 0.0160. The van der Waals surface area contributed by atoms with E-state index in [1.54, 1.807) is 6.20 Å². The number of aromatic nitrogens is 2. The molecule has 0 spiro atoms. The van der Waals surface area contributed by atoms with E-state index in [0.717, 1.165) is 40.0 Å². The molecule has 0 aliphatic heterocycles. The van der Waals surface area contributed by atoms with Gasteiger partial charge in [-0.05, 0) is 48.7 Å². The maximum absolute atomic E-state index is 13.7. The second-order valence-electron chi connectivity index (χ2n) is 6.77. The largest absolute Gasteiger partial charge is 0.353 e. The molecule has 0 saturated carbocycles. The normalized spacial score (nSPS) is 11.0. The monoisotopic (exact) mass is 391 g/mol. The molecule has 2 N–H and O–H groups in total. The van der Waals surface area contributed by atoms with Crippen molar-refractivity contribution in [1.82, 2.24) is 9.97 Å². The van der Waals surface area contributed by atoms with Crippen LogP contribution in [0.15, 0.2) is 66.9 Å². The molecule has 0 radical (unpaired) electrons. The number of halogens is 2. The van der Waals surface area contributed by atoms with Gasteiger partial charge in [-0.25, -0.2) is 8.78 Å². The molecule has 0 saturated heterocycles. The van der Waals surface area contributed by atoms with Crippen LogP contribution in [-0.2, 0) is 11.2 Å². The molecule has 0 bridgehead atoms. The number of benzene rings is 2. The molecule has 4 rings (SSSR count). The summed E-state index contributed by atoms with van der Waals surface area (Å²) in [6.07, 6.45) is 3.21. The van der Waals surface area contributed by atoms with Crippen molar-refractivity contribution < 1.29 is 13.6 Å². The van der Waals surface area contributed by atoms with Crippen LogP contribution in [0.2, 0.25) is 0 Å². The predicted molar refractivity (Wildman–Crippen MR) is 109 cm³/mol. The standard InChI is InChI=1S/C23H19F2N3O/c24-15-11-12-20(18(25)14-15)27-22(29)10-5-7-17-16-6-1-2-8-19(16)28-23(17)21-9-3-4-13-26-21/h1-4,6,8-9,11-14,28H,5,7,10H2,(H,27,29). The van der Waals surface area contributed by atoms with Gasteiger partial charge in [-0.2, -0.15) is 0 Å². The fourth-order valence-corrected chi connectivity index (χ4v) is 3.42. The van der Waals surface area contributed by atoms with Gasteiger partial charge in [0.25, 0.3) is 0 Å². The van der Waals surface area contributed by atoms with Crippen molar-refractivity contribution in [3.8, 4) is 11.4 Å². The van der Waals surface area contributed by atoms with E-state index in [1.807, 2.05) is 42.5 Å². The minimum Gasteiger partial charge on any atom is -0.353 e. The Kier molecular flexibility index (Phi) is 5.33. The highest BCUT2D eigenvalue weighted by Crippen LogP contribution is 2.30. The molecule has 4 nitrogen and oxygen atoms in total. The van der Waals surface area contributed by atoms with E-state index in [1.165, 1.54) is 6.07 Å². The fourth-order valence-electron chi connectivity index (χ4n) is 3.42. The van der Waals surface area contributed by atoms with Gasteiger partial charge in [0.2, 0.25) is 5.91 Å². The van der Waals surface area contributed by atoms with Crippen molar-refractivity contribution in [3.05, 3.63) is 84.1 Å². The molecule has 0 fully saturated rings. The summed E-state index contributed by atoms with van der Waals surface area (Å²) in [4.78, 5) is 20.1. The zero-order valence-corrected chi connectivity index (χ0v) is 15.6. The first-order valence-corrected chi connectivity index (χ1v) is 9.38. The molecule has 0 atom stereocenters. The number of anilines is 1. The molecule has 2 aromatic heterocycles. The van der Waals surface area contributed by atoms with Gasteiger partial charge in [-0.15, -0.1) is 0 Å². The Morgan fingerprint density at radius 3 is 2.66 bits per heavy atom. The lowest BCUT2D eigenvalue weighted by molar-refractivity contribution is -0.116. The lowest BCUT2D eigenvalue weighted by atomic mass is 10.0. The Hall–Kier alpha value is -3.54. The first-order chi connectivity index (χ1) is 14.1. The zero-order chi connectivity index (χ0) is 20.2. The Balaban J connectivity index is 1.49. The second-order valence-corrected chi connectivity index (χ2v) is 6.77. The average molecular weight is 391 g/mol. The second kappa shape index (κ2) is 8.22. The van der Waals surface area contributed by atoms with Crippen molar-refractivity contribution in [2.75, 3.05) is 5.32 Å². The Bertz CT molecular complexity index is 1160. The number of fused-ring (bicyclic) bond motifs is 1. The zero-order valence-electron chi connectivity index (χ0n) is 15.6. The molecule has 146 valence electrons.